The van der Waals surface area contributed by atoms with Crippen LogP contribution in [0.5, 0.6) is 0 Å². The number of carbonyl (C=O) groups is 1. The topological polar surface area (TPSA) is 153 Å². The second-order valence-electron chi connectivity index (χ2n) is 6.57. The molecule has 0 radical (unpaired) electrons. The van der Waals surface area contributed by atoms with Crippen molar-refractivity contribution >= 4 is 5.78 Å². The van der Waals surface area contributed by atoms with Crippen LogP contribution in [-0.4, -0.2) is 56.0 Å². The number of aromatic nitrogens is 2. The molecule has 2 heterocycles. The van der Waals surface area contributed by atoms with Crippen LogP contribution in [0.25, 0.3) is 0 Å². The summed E-state index contributed by atoms with van der Waals surface area (Å²) in [5.74, 6) is -0.662. The van der Waals surface area contributed by atoms with Gasteiger partial charge in [0.05, 0.1) is 12.2 Å². The molecule has 9 nitrogen and oxygen atoms in total. The van der Waals surface area contributed by atoms with Gasteiger partial charge in [-0.3, -0.25) is 14.6 Å². The van der Waals surface area contributed by atoms with E-state index in [0.717, 1.165) is 6.20 Å². The summed E-state index contributed by atoms with van der Waals surface area (Å²) in [6.07, 6.45) is -3.63. The number of hydrogen-bond donors (Lipinski definition) is 5. The summed E-state index contributed by atoms with van der Waals surface area (Å²) in [7, 11) is 0. The van der Waals surface area contributed by atoms with Gasteiger partial charge in [-0.2, -0.15) is 0 Å². The fourth-order valence-electron chi connectivity index (χ4n) is 2.74. The molecule has 1 saturated heterocycles. The highest BCUT2D eigenvalue weighted by Crippen LogP contribution is 2.43. The minimum atomic E-state index is -2.19. The standard InChI is InChI=1S/C14H20N2O7/c1-13(2,3)11(21)14(6-4-15-12(22)16-10(6)20)9(19)8(18)7(5-17)23-14/h4,7-9,17-19H,5H2,1-3H3,(H2,15,16,20,22)/t7-,8-,9-,14+/m1/s1. The van der Waals surface area contributed by atoms with Crippen molar-refractivity contribution in [3.05, 3.63) is 32.6 Å². The molecule has 5 N–H and O–H groups in total. The fraction of sp³-hybridized carbons (Fsp3) is 0.643. The zero-order valence-electron chi connectivity index (χ0n) is 13.0. The van der Waals surface area contributed by atoms with E-state index in [9.17, 15) is 29.7 Å². The highest BCUT2D eigenvalue weighted by molar-refractivity contribution is 5.93. The van der Waals surface area contributed by atoms with Crippen LogP contribution in [-0.2, 0) is 15.1 Å². The quantitative estimate of drug-likeness (QED) is 0.429. The highest BCUT2D eigenvalue weighted by Gasteiger charge is 2.62. The molecule has 1 aliphatic rings. The van der Waals surface area contributed by atoms with Gasteiger partial charge in [-0.1, -0.05) is 20.8 Å². The largest absolute Gasteiger partial charge is 0.394 e. The summed E-state index contributed by atoms with van der Waals surface area (Å²) in [6, 6.07) is 0. The van der Waals surface area contributed by atoms with Crippen LogP contribution in [0.4, 0.5) is 0 Å². The average Bonchev–Trinajstić information content (AvgIpc) is 2.71. The van der Waals surface area contributed by atoms with E-state index in [1.165, 1.54) is 0 Å². The predicted octanol–water partition coefficient (Wildman–Crippen LogP) is -2.01. The van der Waals surface area contributed by atoms with E-state index in [4.69, 9.17) is 4.74 Å². The Morgan fingerprint density at radius 2 is 1.96 bits per heavy atom. The molecular formula is C14H20N2O7. The van der Waals surface area contributed by atoms with Gasteiger partial charge in [0.2, 0.25) is 0 Å². The Balaban J connectivity index is 2.74. The van der Waals surface area contributed by atoms with Crippen LogP contribution < -0.4 is 11.2 Å². The van der Waals surface area contributed by atoms with Crippen molar-refractivity contribution in [1.29, 1.82) is 0 Å². The Bertz CT molecular complexity index is 717. The van der Waals surface area contributed by atoms with Crippen molar-refractivity contribution < 1.29 is 24.9 Å². The lowest BCUT2D eigenvalue weighted by atomic mass is 9.74. The third-order valence-electron chi connectivity index (χ3n) is 3.88. The lowest BCUT2D eigenvalue weighted by Crippen LogP contribution is -2.54. The van der Waals surface area contributed by atoms with Crippen molar-refractivity contribution in [1.82, 2.24) is 9.97 Å². The molecule has 1 aromatic rings. The normalized spacial score (nSPS) is 31.3. The number of nitrogens with one attached hydrogen (secondary N) is 2. The minimum Gasteiger partial charge on any atom is -0.394 e. The van der Waals surface area contributed by atoms with Gasteiger partial charge in [0.15, 0.2) is 11.4 Å². The van der Waals surface area contributed by atoms with Gasteiger partial charge >= 0.3 is 5.69 Å². The van der Waals surface area contributed by atoms with Crippen LogP contribution in [0.3, 0.4) is 0 Å². The second-order valence-corrected chi connectivity index (χ2v) is 6.57. The zero-order valence-corrected chi connectivity index (χ0v) is 13.0. The number of aromatic amines is 2. The number of H-pyrrole nitrogens is 2. The van der Waals surface area contributed by atoms with Crippen LogP contribution in [0.15, 0.2) is 15.8 Å². The van der Waals surface area contributed by atoms with E-state index in [1.54, 1.807) is 20.8 Å². The maximum absolute atomic E-state index is 12.9. The summed E-state index contributed by atoms with van der Waals surface area (Å²) in [5.41, 5.74) is -5.27. The molecule has 0 amide bonds. The molecule has 0 aliphatic carbocycles. The molecule has 1 aromatic heterocycles. The van der Waals surface area contributed by atoms with Gasteiger partial charge in [0.1, 0.15) is 18.3 Å². The highest BCUT2D eigenvalue weighted by atomic mass is 16.6. The van der Waals surface area contributed by atoms with E-state index in [2.05, 4.69) is 4.98 Å². The number of aliphatic hydroxyl groups excluding tert-OH is 3. The van der Waals surface area contributed by atoms with E-state index in [-0.39, 0.29) is 5.56 Å². The third kappa shape index (κ3) is 2.65. The molecular weight excluding hydrogens is 308 g/mol. The zero-order chi connectivity index (χ0) is 17.6. The Morgan fingerprint density at radius 3 is 2.39 bits per heavy atom. The molecule has 128 valence electrons. The molecule has 0 saturated carbocycles. The number of aliphatic hydroxyl groups is 3. The van der Waals surface area contributed by atoms with Crippen molar-refractivity contribution in [2.45, 2.75) is 44.7 Å². The van der Waals surface area contributed by atoms with E-state index >= 15 is 0 Å². The van der Waals surface area contributed by atoms with Gasteiger partial charge in [-0.15, -0.1) is 0 Å². The van der Waals surface area contributed by atoms with E-state index in [0.29, 0.717) is 0 Å². The maximum atomic E-state index is 12.9. The summed E-state index contributed by atoms with van der Waals surface area (Å²) in [6.45, 7) is 4.03. The van der Waals surface area contributed by atoms with Gasteiger partial charge in [-0.25, -0.2) is 4.79 Å². The Hall–Kier alpha value is -1.81. The predicted molar refractivity (Wildman–Crippen MR) is 77.8 cm³/mol. The number of Topliss-reactive ketones (excluding diaryl/α,β-unsaturated/α-hetero) is 1. The number of rotatable bonds is 3. The monoisotopic (exact) mass is 328 g/mol. The third-order valence-corrected chi connectivity index (χ3v) is 3.88. The van der Waals surface area contributed by atoms with Crippen LogP contribution in [0, 0.1) is 5.41 Å². The first-order valence-corrected chi connectivity index (χ1v) is 7.08. The lowest BCUT2D eigenvalue weighted by Gasteiger charge is -2.35. The molecule has 1 aliphatic heterocycles. The van der Waals surface area contributed by atoms with Crippen molar-refractivity contribution in [2.75, 3.05) is 6.61 Å². The minimum absolute atomic E-state index is 0.334. The number of ketones is 1. The average molecular weight is 328 g/mol. The van der Waals surface area contributed by atoms with Gasteiger partial charge in [0, 0.05) is 11.6 Å². The van der Waals surface area contributed by atoms with Crippen molar-refractivity contribution in [3.8, 4) is 0 Å². The number of ether oxygens (including phenoxy) is 1. The van der Waals surface area contributed by atoms with Gasteiger partial charge < -0.3 is 25.0 Å². The summed E-state index contributed by atoms with van der Waals surface area (Å²) in [5, 5.41) is 29.8. The summed E-state index contributed by atoms with van der Waals surface area (Å²) in [4.78, 5) is 40.5. The maximum Gasteiger partial charge on any atom is 0.325 e. The Morgan fingerprint density at radius 1 is 1.35 bits per heavy atom. The molecule has 2 rings (SSSR count). The smallest absolute Gasteiger partial charge is 0.325 e. The fourth-order valence-corrected chi connectivity index (χ4v) is 2.74. The van der Waals surface area contributed by atoms with E-state index in [1.807, 2.05) is 4.98 Å². The van der Waals surface area contributed by atoms with Crippen molar-refractivity contribution in [2.24, 2.45) is 5.41 Å². The first-order valence-electron chi connectivity index (χ1n) is 7.08. The molecule has 9 heteroatoms. The summed E-state index contributed by atoms with van der Waals surface area (Å²) < 4.78 is 5.48. The number of carbonyl (C=O) groups excluding carboxylic acids is 1. The van der Waals surface area contributed by atoms with Crippen molar-refractivity contribution in [3.63, 3.8) is 0 Å². The first kappa shape index (κ1) is 17.5. The molecule has 0 spiro atoms. The first-order chi connectivity index (χ1) is 10.6. The number of hydrogen-bond acceptors (Lipinski definition) is 7. The molecule has 1 fully saturated rings. The Kier molecular flexibility index (Phi) is 4.33. The van der Waals surface area contributed by atoms with Gasteiger partial charge in [0.25, 0.3) is 5.56 Å². The molecule has 0 bridgehead atoms. The second kappa shape index (κ2) is 5.68. The molecule has 0 unspecified atom stereocenters. The molecule has 0 aromatic carbocycles. The van der Waals surface area contributed by atoms with Gasteiger partial charge in [-0.05, 0) is 0 Å². The lowest BCUT2D eigenvalue weighted by molar-refractivity contribution is -0.164. The summed E-state index contributed by atoms with van der Waals surface area (Å²) >= 11 is 0. The van der Waals surface area contributed by atoms with Crippen LogP contribution in [0.1, 0.15) is 26.3 Å². The molecule has 23 heavy (non-hydrogen) atoms. The Labute approximate surface area is 130 Å². The van der Waals surface area contributed by atoms with Crippen LogP contribution in [0.2, 0.25) is 0 Å². The molecule has 4 atom stereocenters. The van der Waals surface area contributed by atoms with Crippen LogP contribution >= 0.6 is 0 Å². The SMILES string of the molecule is CC(C)(C)C(=O)[C@@]1(c2c[nH]c(=O)[nH]c2=O)O[C@H](CO)[C@@H](O)[C@H]1O. The van der Waals surface area contributed by atoms with E-state index < -0.39 is 53.0 Å².